The van der Waals surface area contributed by atoms with Crippen molar-refractivity contribution in [3.05, 3.63) is 29.8 Å². The second kappa shape index (κ2) is 4.16. The van der Waals surface area contributed by atoms with Crippen LogP contribution in [0.3, 0.4) is 0 Å². The molecule has 0 bridgehead atoms. The summed E-state index contributed by atoms with van der Waals surface area (Å²) < 4.78 is 61.9. The molecule has 0 unspecified atom stereocenters. The predicted molar refractivity (Wildman–Crippen MR) is 55.0 cm³/mol. The molecule has 1 rings (SSSR count). The van der Waals surface area contributed by atoms with Crippen LogP contribution in [0.5, 0.6) is 5.75 Å². The van der Waals surface area contributed by atoms with Gasteiger partial charge in [-0.1, -0.05) is 0 Å². The standard InChI is InChI=1S/C7H4F3IO3S/c8-7(9,10)5-1-3-6(4-2-5)14-15(11,12)13/h1-4H. The highest BCUT2D eigenvalue weighted by Crippen LogP contribution is 2.30. The van der Waals surface area contributed by atoms with Crippen molar-refractivity contribution in [2.45, 2.75) is 6.18 Å². The third-order valence-electron chi connectivity index (χ3n) is 1.38. The van der Waals surface area contributed by atoms with Crippen LogP contribution in [0.1, 0.15) is 5.56 Å². The van der Waals surface area contributed by atoms with Crippen LogP contribution < -0.4 is 4.18 Å². The van der Waals surface area contributed by atoms with Gasteiger partial charge in [-0.25, -0.2) is 0 Å². The van der Waals surface area contributed by atoms with Crippen LogP contribution in [0.15, 0.2) is 24.3 Å². The molecule has 0 radical (unpaired) electrons. The molecule has 0 atom stereocenters. The summed E-state index contributed by atoms with van der Waals surface area (Å²) in [6.07, 6.45) is -4.44. The highest BCUT2D eigenvalue weighted by molar-refractivity contribution is 14.2. The molecule has 15 heavy (non-hydrogen) atoms. The fourth-order valence-corrected chi connectivity index (χ4v) is 1.78. The molecule has 0 fully saturated rings. The quantitative estimate of drug-likeness (QED) is 0.607. The van der Waals surface area contributed by atoms with Crippen LogP contribution in [0.4, 0.5) is 13.2 Å². The van der Waals surface area contributed by atoms with E-state index in [4.69, 9.17) is 0 Å². The largest absolute Gasteiger partial charge is 0.416 e. The van der Waals surface area contributed by atoms with E-state index in [2.05, 4.69) is 4.18 Å². The van der Waals surface area contributed by atoms with Crippen molar-refractivity contribution >= 4 is 28.5 Å². The molecule has 0 aromatic heterocycles. The van der Waals surface area contributed by atoms with Gasteiger partial charge in [0, 0.05) is 0 Å². The summed E-state index contributed by atoms with van der Waals surface area (Å²) in [5.41, 5.74) is -0.860. The van der Waals surface area contributed by atoms with Crippen molar-refractivity contribution in [2.24, 2.45) is 0 Å². The number of hydrogen-bond donors (Lipinski definition) is 0. The van der Waals surface area contributed by atoms with Gasteiger partial charge in [0.2, 0.25) is 0 Å². The molecule has 0 aliphatic rings. The molecule has 3 nitrogen and oxygen atoms in total. The summed E-state index contributed by atoms with van der Waals surface area (Å²) in [4.78, 5) is 0. The van der Waals surface area contributed by atoms with Gasteiger partial charge in [-0.2, -0.15) is 21.6 Å². The molecule has 0 spiro atoms. The number of rotatable bonds is 2. The Labute approximate surface area is 95.9 Å². The predicted octanol–water partition coefficient (Wildman–Crippen LogP) is 2.76. The molecule has 1 aromatic rings. The van der Waals surface area contributed by atoms with E-state index in [9.17, 15) is 21.6 Å². The summed E-state index contributed by atoms with van der Waals surface area (Å²) in [5.74, 6) is -0.155. The fraction of sp³-hybridized carbons (Fsp3) is 0.143. The Morgan fingerprint density at radius 3 is 1.93 bits per heavy atom. The molecule has 0 aliphatic carbocycles. The maximum Gasteiger partial charge on any atom is 0.416 e. The Bertz CT molecular complexity index is 438. The van der Waals surface area contributed by atoms with Gasteiger partial charge < -0.3 is 4.18 Å². The first-order valence-electron chi connectivity index (χ1n) is 3.50. The minimum absolute atomic E-state index is 0.155. The number of hydrogen-bond acceptors (Lipinski definition) is 3. The van der Waals surface area contributed by atoms with Gasteiger partial charge in [0.15, 0.2) is 0 Å². The van der Waals surface area contributed by atoms with Crippen LogP contribution in [0, 0.1) is 0 Å². The molecular weight excluding hydrogens is 348 g/mol. The molecule has 0 amide bonds. The molecule has 0 saturated heterocycles. The molecule has 0 aliphatic heterocycles. The van der Waals surface area contributed by atoms with E-state index in [0.717, 1.165) is 45.5 Å². The SMILES string of the molecule is O=S(=O)(I)Oc1ccc(C(F)(F)F)cc1. The summed E-state index contributed by atoms with van der Waals surface area (Å²) in [5, 5.41) is 0. The first kappa shape index (κ1) is 12.6. The van der Waals surface area contributed by atoms with Crippen molar-refractivity contribution < 1.29 is 25.8 Å². The lowest BCUT2D eigenvalue weighted by molar-refractivity contribution is -0.137. The average Bonchev–Trinajstić information content (AvgIpc) is 2.00. The van der Waals surface area contributed by atoms with Crippen LogP contribution >= 0.6 is 21.2 Å². The van der Waals surface area contributed by atoms with Crippen molar-refractivity contribution in [2.75, 3.05) is 0 Å². The molecule has 84 valence electrons. The van der Waals surface area contributed by atoms with Gasteiger partial charge in [0.1, 0.15) is 27.0 Å². The molecule has 0 N–H and O–H groups in total. The zero-order valence-corrected chi connectivity index (χ0v) is 9.93. The topological polar surface area (TPSA) is 43.4 Å². The van der Waals surface area contributed by atoms with E-state index in [1.807, 2.05) is 0 Å². The van der Waals surface area contributed by atoms with Gasteiger partial charge in [-0.05, 0) is 24.3 Å². The summed E-state index contributed by atoms with van der Waals surface area (Å²) >= 11 is 1.03. The van der Waals surface area contributed by atoms with Crippen LogP contribution in [0.25, 0.3) is 0 Å². The van der Waals surface area contributed by atoms with Crippen molar-refractivity contribution in [1.29, 1.82) is 0 Å². The minimum Gasteiger partial charge on any atom is -0.375 e. The average molecular weight is 352 g/mol. The third kappa shape index (κ3) is 4.24. The molecule has 0 heterocycles. The summed E-state index contributed by atoms with van der Waals surface area (Å²) in [7, 11) is -3.74. The zero-order valence-electron chi connectivity index (χ0n) is 6.95. The van der Waals surface area contributed by atoms with Gasteiger partial charge >= 0.3 is 13.5 Å². The van der Waals surface area contributed by atoms with Crippen LogP contribution in [0.2, 0.25) is 0 Å². The van der Waals surface area contributed by atoms with Crippen molar-refractivity contribution in [3.63, 3.8) is 0 Å². The highest BCUT2D eigenvalue weighted by atomic mass is 127. The summed E-state index contributed by atoms with van der Waals surface area (Å²) in [6, 6.07) is 3.38. The Morgan fingerprint density at radius 1 is 1.13 bits per heavy atom. The second-order valence-electron chi connectivity index (χ2n) is 2.50. The Balaban J connectivity index is 2.91. The Hall–Kier alpha value is -0.510. The number of alkyl halides is 3. The normalized spacial score (nSPS) is 12.5. The first-order valence-corrected chi connectivity index (χ1v) is 7.45. The zero-order chi connectivity index (χ0) is 11.7. The molecule has 0 saturated carbocycles. The maximum absolute atomic E-state index is 12.1. The van der Waals surface area contributed by atoms with Crippen LogP contribution in [-0.2, 0) is 13.5 Å². The Morgan fingerprint density at radius 2 is 1.60 bits per heavy atom. The lowest BCUT2D eigenvalue weighted by Gasteiger charge is -2.06. The number of benzene rings is 1. The third-order valence-corrected chi connectivity index (χ3v) is 2.31. The van der Waals surface area contributed by atoms with E-state index in [1.54, 1.807) is 0 Å². The fourth-order valence-electron chi connectivity index (χ4n) is 0.814. The lowest BCUT2D eigenvalue weighted by Crippen LogP contribution is -2.05. The molecule has 1 aromatic carbocycles. The summed E-state index contributed by atoms with van der Waals surface area (Å²) in [6.45, 7) is 0. The van der Waals surface area contributed by atoms with E-state index in [-0.39, 0.29) is 5.75 Å². The highest BCUT2D eigenvalue weighted by Gasteiger charge is 2.30. The van der Waals surface area contributed by atoms with E-state index >= 15 is 0 Å². The van der Waals surface area contributed by atoms with Crippen LogP contribution in [-0.4, -0.2) is 8.42 Å². The minimum atomic E-state index is -4.44. The van der Waals surface area contributed by atoms with Crippen molar-refractivity contribution in [3.8, 4) is 5.75 Å². The second-order valence-corrected chi connectivity index (χ2v) is 6.69. The monoisotopic (exact) mass is 352 g/mol. The van der Waals surface area contributed by atoms with Gasteiger partial charge in [-0.15, -0.1) is 0 Å². The van der Waals surface area contributed by atoms with E-state index in [0.29, 0.717) is 0 Å². The molecular formula is C7H4F3IO3S. The van der Waals surface area contributed by atoms with E-state index in [1.165, 1.54) is 0 Å². The number of halogens is 4. The maximum atomic E-state index is 12.1. The van der Waals surface area contributed by atoms with Gasteiger partial charge in [0.05, 0.1) is 5.56 Å². The van der Waals surface area contributed by atoms with Crippen molar-refractivity contribution in [1.82, 2.24) is 0 Å². The first-order chi connectivity index (χ1) is 6.68. The Kier molecular flexibility index (Phi) is 3.48. The smallest absolute Gasteiger partial charge is 0.375 e. The van der Waals surface area contributed by atoms with E-state index < -0.39 is 19.0 Å². The lowest BCUT2D eigenvalue weighted by atomic mass is 10.2. The van der Waals surface area contributed by atoms with Gasteiger partial charge in [0.25, 0.3) is 0 Å². The van der Waals surface area contributed by atoms with Gasteiger partial charge in [-0.3, -0.25) is 0 Å². The molecule has 8 heteroatoms.